The molecule has 0 spiro atoms. The number of carbonyl (C=O) groups excluding carboxylic acids is 1. The normalized spacial score (nSPS) is 21.4. The first-order valence-electron chi connectivity index (χ1n) is 12.4. The molecule has 3 aromatic heterocycles. The SMILES string of the molecule is COc1nc(-c2ccc(N(C)[C@@H]3C[C@H]4CC[C@@H](C3)N4C(=O)OC(C)(C)C)nn2)ccc1-n1cccn1. The summed E-state index contributed by atoms with van der Waals surface area (Å²) in [7, 11) is 3.64. The molecule has 2 bridgehead atoms. The third kappa shape index (κ3) is 4.72. The molecule has 3 atom stereocenters. The number of nitrogens with zero attached hydrogens (tertiary/aromatic N) is 7. The van der Waals surface area contributed by atoms with Crippen LogP contribution in [0.4, 0.5) is 10.6 Å². The van der Waals surface area contributed by atoms with Gasteiger partial charge >= 0.3 is 6.09 Å². The molecule has 0 N–H and O–H groups in total. The summed E-state index contributed by atoms with van der Waals surface area (Å²) in [5, 5.41) is 13.2. The molecule has 10 nitrogen and oxygen atoms in total. The second-order valence-electron chi connectivity index (χ2n) is 10.5. The summed E-state index contributed by atoms with van der Waals surface area (Å²) >= 11 is 0. The number of carbonyl (C=O) groups is 1. The molecule has 1 amide bonds. The average molecular weight is 492 g/mol. The number of ether oxygens (including phenoxy) is 2. The van der Waals surface area contributed by atoms with Gasteiger partial charge in [0.2, 0.25) is 5.88 Å². The van der Waals surface area contributed by atoms with Crippen LogP contribution in [-0.2, 0) is 4.74 Å². The van der Waals surface area contributed by atoms with E-state index in [9.17, 15) is 4.79 Å². The van der Waals surface area contributed by atoms with Gasteiger partial charge < -0.3 is 19.3 Å². The van der Waals surface area contributed by atoms with Gasteiger partial charge in [-0.05, 0) is 76.8 Å². The molecule has 36 heavy (non-hydrogen) atoms. The lowest BCUT2D eigenvalue weighted by atomic mass is 9.96. The topological polar surface area (TPSA) is 98.5 Å². The van der Waals surface area contributed by atoms with E-state index < -0.39 is 5.60 Å². The minimum absolute atomic E-state index is 0.193. The van der Waals surface area contributed by atoms with Gasteiger partial charge in [0.05, 0.1) is 12.8 Å². The number of hydrogen-bond acceptors (Lipinski definition) is 8. The average Bonchev–Trinajstić information content (AvgIpc) is 3.48. The van der Waals surface area contributed by atoms with Gasteiger partial charge in [0, 0.05) is 37.6 Å². The van der Waals surface area contributed by atoms with Gasteiger partial charge in [0.25, 0.3) is 0 Å². The van der Waals surface area contributed by atoms with E-state index in [2.05, 4.69) is 32.2 Å². The standard InChI is InChI=1S/C26H33N7O3/c1-26(2,3)36-25(34)33-17-7-8-18(33)16-19(15-17)31(4)23-12-10-21(29-30-23)20-9-11-22(24(28-20)35-5)32-14-6-13-27-32/h6,9-14,17-19H,7-8,15-16H2,1-5H3/t17-,18+,19-. The van der Waals surface area contributed by atoms with Crippen molar-refractivity contribution in [3.63, 3.8) is 0 Å². The summed E-state index contributed by atoms with van der Waals surface area (Å²) in [6, 6.07) is 10.2. The van der Waals surface area contributed by atoms with Crippen molar-refractivity contribution in [2.24, 2.45) is 0 Å². The lowest BCUT2D eigenvalue weighted by molar-refractivity contribution is 0.00597. The zero-order chi connectivity index (χ0) is 25.4. The number of amides is 1. The van der Waals surface area contributed by atoms with Gasteiger partial charge in [-0.1, -0.05) is 0 Å². The van der Waals surface area contributed by atoms with Crippen molar-refractivity contribution in [1.29, 1.82) is 0 Å². The fourth-order valence-corrected chi connectivity index (χ4v) is 5.23. The van der Waals surface area contributed by atoms with E-state index in [1.807, 2.05) is 62.2 Å². The summed E-state index contributed by atoms with van der Waals surface area (Å²) < 4.78 is 12.9. The zero-order valence-corrected chi connectivity index (χ0v) is 21.5. The Bertz CT molecular complexity index is 1190. The summed E-state index contributed by atoms with van der Waals surface area (Å²) in [6.45, 7) is 5.74. The van der Waals surface area contributed by atoms with Crippen LogP contribution >= 0.6 is 0 Å². The van der Waals surface area contributed by atoms with Crippen LogP contribution in [0.25, 0.3) is 17.1 Å². The van der Waals surface area contributed by atoms with Gasteiger partial charge in [0.15, 0.2) is 5.82 Å². The van der Waals surface area contributed by atoms with Gasteiger partial charge in [-0.2, -0.15) is 5.10 Å². The highest BCUT2D eigenvalue weighted by Crippen LogP contribution is 2.39. The smallest absolute Gasteiger partial charge is 0.410 e. The lowest BCUT2D eigenvalue weighted by Crippen LogP contribution is -2.53. The zero-order valence-electron chi connectivity index (χ0n) is 21.5. The number of pyridine rings is 1. The lowest BCUT2D eigenvalue weighted by Gasteiger charge is -2.42. The van der Waals surface area contributed by atoms with E-state index in [-0.39, 0.29) is 24.2 Å². The number of hydrogen-bond donors (Lipinski definition) is 0. The van der Waals surface area contributed by atoms with E-state index in [4.69, 9.17) is 9.47 Å². The first-order chi connectivity index (χ1) is 17.2. The van der Waals surface area contributed by atoms with Crippen molar-refractivity contribution >= 4 is 11.9 Å². The maximum atomic E-state index is 12.8. The van der Waals surface area contributed by atoms with Crippen molar-refractivity contribution in [3.8, 4) is 23.0 Å². The maximum absolute atomic E-state index is 12.8. The first-order valence-corrected chi connectivity index (χ1v) is 12.4. The van der Waals surface area contributed by atoms with Crippen molar-refractivity contribution in [3.05, 3.63) is 42.7 Å². The van der Waals surface area contributed by atoms with Crippen LogP contribution in [0.15, 0.2) is 42.7 Å². The Balaban J connectivity index is 1.28. The van der Waals surface area contributed by atoms with E-state index >= 15 is 0 Å². The third-order valence-electron chi connectivity index (χ3n) is 6.92. The summed E-state index contributed by atoms with van der Waals surface area (Å²) in [4.78, 5) is 21.5. The largest absolute Gasteiger partial charge is 0.479 e. The number of piperidine rings is 1. The minimum Gasteiger partial charge on any atom is -0.479 e. The summed E-state index contributed by atoms with van der Waals surface area (Å²) in [5.41, 5.74) is 1.60. The molecule has 2 aliphatic heterocycles. The second-order valence-corrected chi connectivity index (χ2v) is 10.5. The predicted molar refractivity (Wildman–Crippen MR) is 135 cm³/mol. The van der Waals surface area contributed by atoms with Crippen LogP contribution in [0.3, 0.4) is 0 Å². The van der Waals surface area contributed by atoms with Gasteiger partial charge in [0.1, 0.15) is 17.0 Å². The Morgan fingerprint density at radius 2 is 1.78 bits per heavy atom. The van der Waals surface area contributed by atoms with Crippen LogP contribution in [0, 0.1) is 0 Å². The second kappa shape index (κ2) is 9.40. The van der Waals surface area contributed by atoms with Gasteiger partial charge in [-0.15, -0.1) is 10.2 Å². The first kappa shape index (κ1) is 24.0. The molecule has 2 saturated heterocycles. The Labute approximate surface area is 211 Å². The molecule has 5 rings (SSSR count). The number of rotatable bonds is 5. The van der Waals surface area contributed by atoms with Gasteiger partial charge in [-0.3, -0.25) is 0 Å². The molecule has 2 fully saturated rings. The Morgan fingerprint density at radius 1 is 1.06 bits per heavy atom. The van der Waals surface area contributed by atoms with Crippen molar-refractivity contribution in [2.75, 3.05) is 19.1 Å². The van der Waals surface area contributed by atoms with E-state index in [1.54, 1.807) is 18.0 Å². The quantitative estimate of drug-likeness (QED) is 0.526. The highest BCUT2D eigenvalue weighted by Gasteiger charge is 2.45. The summed E-state index contributed by atoms with van der Waals surface area (Å²) in [6.07, 6.45) is 7.17. The van der Waals surface area contributed by atoms with Crippen LogP contribution < -0.4 is 9.64 Å². The van der Waals surface area contributed by atoms with E-state index in [1.165, 1.54) is 0 Å². The molecule has 0 saturated carbocycles. The van der Waals surface area contributed by atoms with Gasteiger partial charge in [-0.25, -0.2) is 14.5 Å². The fourth-order valence-electron chi connectivity index (χ4n) is 5.23. The molecule has 0 radical (unpaired) electrons. The van der Waals surface area contributed by atoms with Crippen LogP contribution in [-0.4, -0.2) is 73.8 Å². The molecule has 190 valence electrons. The molecular formula is C26H33N7O3. The molecular weight excluding hydrogens is 458 g/mol. The molecule has 5 heterocycles. The van der Waals surface area contributed by atoms with Crippen molar-refractivity contribution < 1.29 is 14.3 Å². The van der Waals surface area contributed by atoms with Crippen LogP contribution in [0.5, 0.6) is 5.88 Å². The van der Waals surface area contributed by atoms with Crippen molar-refractivity contribution in [1.82, 2.24) is 29.9 Å². The monoisotopic (exact) mass is 491 g/mol. The third-order valence-corrected chi connectivity index (χ3v) is 6.92. The number of anilines is 1. The highest BCUT2D eigenvalue weighted by molar-refractivity contribution is 5.70. The van der Waals surface area contributed by atoms with E-state index in [0.29, 0.717) is 17.3 Å². The Morgan fingerprint density at radius 3 is 2.36 bits per heavy atom. The number of aromatic nitrogens is 5. The number of methoxy groups -OCH3 is 1. The molecule has 0 aliphatic carbocycles. The highest BCUT2D eigenvalue weighted by atomic mass is 16.6. The molecule has 2 aliphatic rings. The number of fused-ring (bicyclic) bond motifs is 2. The minimum atomic E-state index is -0.486. The van der Waals surface area contributed by atoms with E-state index in [0.717, 1.165) is 37.2 Å². The molecule has 3 aromatic rings. The fraction of sp³-hybridized carbons (Fsp3) is 0.500. The molecule has 10 heteroatoms. The molecule has 0 unspecified atom stereocenters. The van der Waals surface area contributed by atoms with Crippen LogP contribution in [0.1, 0.15) is 46.5 Å². The summed E-state index contributed by atoms with van der Waals surface area (Å²) in [5.74, 6) is 1.26. The van der Waals surface area contributed by atoms with Crippen molar-refractivity contribution in [2.45, 2.75) is 70.2 Å². The Kier molecular flexibility index (Phi) is 6.27. The molecule has 0 aromatic carbocycles. The predicted octanol–water partition coefficient (Wildman–Crippen LogP) is 4.10. The maximum Gasteiger partial charge on any atom is 0.410 e. The Hall–Kier alpha value is -3.69. The van der Waals surface area contributed by atoms with Crippen LogP contribution in [0.2, 0.25) is 0 Å².